The van der Waals surface area contributed by atoms with Crippen LogP contribution in [-0.2, 0) is 0 Å². The second-order valence-corrected chi connectivity index (χ2v) is 4.13. The molecule has 5 nitrogen and oxygen atoms in total. The Labute approximate surface area is 94.9 Å². The molecule has 0 unspecified atom stereocenters. The molecule has 0 saturated carbocycles. The SMILES string of the molecule is Cc1cc(C#N)nc(N2CCC(N)CC2)n1. The van der Waals surface area contributed by atoms with Gasteiger partial charge in [0.05, 0.1) is 0 Å². The van der Waals surface area contributed by atoms with Crippen LogP contribution in [0.25, 0.3) is 0 Å². The maximum absolute atomic E-state index is 8.85. The standard InChI is InChI=1S/C11H15N5/c1-8-6-10(7-12)15-11(14-8)16-4-2-9(13)3-5-16/h6,9H,2-5,13H2,1H3. The molecule has 1 aromatic heterocycles. The van der Waals surface area contributed by atoms with E-state index < -0.39 is 0 Å². The van der Waals surface area contributed by atoms with Gasteiger partial charge in [0.25, 0.3) is 0 Å². The van der Waals surface area contributed by atoms with E-state index in [0.29, 0.717) is 11.6 Å². The average molecular weight is 217 g/mol. The van der Waals surface area contributed by atoms with E-state index in [-0.39, 0.29) is 6.04 Å². The van der Waals surface area contributed by atoms with Gasteiger partial charge in [-0.05, 0) is 25.8 Å². The summed E-state index contributed by atoms with van der Waals surface area (Å²) < 4.78 is 0. The first-order valence-electron chi connectivity index (χ1n) is 5.45. The topological polar surface area (TPSA) is 78.8 Å². The van der Waals surface area contributed by atoms with Crippen molar-refractivity contribution in [3.63, 3.8) is 0 Å². The molecule has 2 rings (SSSR count). The predicted octanol–water partition coefficient (Wildman–Crippen LogP) is 0.584. The summed E-state index contributed by atoms with van der Waals surface area (Å²) in [6.45, 7) is 3.62. The van der Waals surface area contributed by atoms with Crippen LogP contribution in [0.15, 0.2) is 6.07 Å². The fourth-order valence-corrected chi connectivity index (χ4v) is 1.85. The minimum Gasteiger partial charge on any atom is -0.341 e. The molecule has 0 atom stereocenters. The molecule has 2 N–H and O–H groups in total. The highest BCUT2D eigenvalue weighted by Gasteiger charge is 2.18. The summed E-state index contributed by atoms with van der Waals surface area (Å²) in [7, 11) is 0. The van der Waals surface area contributed by atoms with Gasteiger partial charge in [0.1, 0.15) is 11.8 Å². The van der Waals surface area contributed by atoms with E-state index in [9.17, 15) is 0 Å². The van der Waals surface area contributed by atoms with Gasteiger partial charge in [-0.1, -0.05) is 0 Å². The number of nitriles is 1. The van der Waals surface area contributed by atoms with E-state index in [1.165, 1.54) is 0 Å². The lowest BCUT2D eigenvalue weighted by atomic mass is 10.1. The van der Waals surface area contributed by atoms with Gasteiger partial charge in [0.15, 0.2) is 0 Å². The number of nitrogens with two attached hydrogens (primary N) is 1. The first kappa shape index (κ1) is 10.8. The Morgan fingerprint density at radius 2 is 2.12 bits per heavy atom. The highest BCUT2D eigenvalue weighted by molar-refractivity contribution is 5.36. The Morgan fingerprint density at radius 1 is 1.44 bits per heavy atom. The third-order valence-corrected chi connectivity index (χ3v) is 2.78. The minimum absolute atomic E-state index is 0.288. The summed E-state index contributed by atoms with van der Waals surface area (Å²) in [4.78, 5) is 10.7. The molecule has 2 heterocycles. The zero-order valence-corrected chi connectivity index (χ0v) is 9.35. The smallest absolute Gasteiger partial charge is 0.226 e. The predicted molar refractivity (Wildman–Crippen MR) is 60.9 cm³/mol. The molecule has 84 valence electrons. The van der Waals surface area contributed by atoms with E-state index in [1.54, 1.807) is 6.07 Å². The molecule has 0 aromatic carbocycles. The van der Waals surface area contributed by atoms with Crippen LogP contribution in [0.3, 0.4) is 0 Å². The molecule has 0 bridgehead atoms. The van der Waals surface area contributed by atoms with E-state index in [1.807, 2.05) is 6.92 Å². The average Bonchev–Trinajstić information content (AvgIpc) is 2.29. The molecule has 1 aromatic rings. The third-order valence-electron chi connectivity index (χ3n) is 2.78. The monoisotopic (exact) mass is 217 g/mol. The maximum atomic E-state index is 8.85. The van der Waals surface area contributed by atoms with Gasteiger partial charge in [-0.2, -0.15) is 5.26 Å². The van der Waals surface area contributed by atoms with Crippen molar-refractivity contribution >= 4 is 5.95 Å². The molecular formula is C11H15N5. The largest absolute Gasteiger partial charge is 0.341 e. The first-order valence-corrected chi connectivity index (χ1v) is 5.45. The van der Waals surface area contributed by atoms with Gasteiger partial charge in [-0.25, -0.2) is 9.97 Å². The van der Waals surface area contributed by atoms with Crippen molar-refractivity contribution in [1.82, 2.24) is 9.97 Å². The number of aromatic nitrogens is 2. The van der Waals surface area contributed by atoms with Gasteiger partial charge < -0.3 is 10.6 Å². The number of aryl methyl sites for hydroxylation is 1. The van der Waals surface area contributed by atoms with Crippen LogP contribution in [-0.4, -0.2) is 29.1 Å². The molecule has 1 saturated heterocycles. The Bertz CT molecular complexity index is 415. The lowest BCUT2D eigenvalue weighted by Gasteiger charge is -2.30. The lowest BCUT2D eigenvalue weighted by molar-refractivity contribution is 0.495. The fourth-order valence-electron chi connectivity index (χ4n) is 1.85. The van der Waals surface area contributed by atoms with Crippen LogP contribution in [0, 0.1) is 18.3 Å². The molecule has 16 heavy (non-hydrogen) atoms. The highest BCUT2D eigenvalue weighted by atomic mass is 15.3. The number of hydrogen-bond donors (Lipinski definition) is 1. The quantitative estimate of drug-likeness (QED) is 0.744. The van der Waals surface area contributed by atoms with Crippen LogP contribution < -0.4 is 10.6 Å². The van der Waals surface area contributed by atoms with E-state index >= 15 is 0 Å². The molecule has 0 radical (unpaired) electrons. The highest BCUT2D eigenvalue weighted by Crippen LogP contribution is 2.15. The number of anilines is 1. The second-order valence-electron chi connectivity index (χ2n) is 4.13. The molecule has 1 fully saturated rings. The van der Waals surface area contributed by atoms with Crippen LogP contribution in [0.2, 0.25) is 0 Å². The minimum atomic E-state index is 0.288. The third kappa shape index (κ3) is 2.28. The Hall–Kier alpha value is -1.67. The van der Waals surface area contributed by atoms with Gasteiger partial charge in [0, 0.05) is 24.8 Å². The molecule has 5 heteroatoms. The van der Waals surface area contributed by atoms with Crippen molar-refractivity contribution in [1.29, 1.82) is 5.26 Å². The summed E-state index contributed by atoms with van der Waals surface area (Å²) in [6, 6.07) is 4.04. The van der Waals surface area contributed by atoms with Crippen molar-refractivity contribution < 1.29 is 0 Å². The van der Waals surface area contributed by atoms with E-state index in [2.05, 4.69) is 20.9 Å². The summed E-state index contributed by atoms with van der Waals surface area (Å²) in [6.07, 6.45) is 1.92. The van der Waals surface area contributed by atoms with Gasteiger partial charge >= 0.3 is 0 Å². The maximum Gasteiger partial charge on any atom is 0.226 e. The van der Waals surface area contributed by atoms with Crippen molar-refractivity contribution in [3.8, 4) is 6.07 Å². The summed E-state index contributed by atoms with van der Waals surface area (Å²) >= 11 is 0. The number of hydrogen-bond acceptors (Lipinski definition) is 5. The van der Waals surface area contributed by atoms with Gasteiger partial charge in [-0.3, -0.25) is 0 Å². The zero-order valence-electron chi connectivity index (χ0n) is 9.35. The summed E-state index contributed by atoms with van der Waals surface area (Å²) in [5.74, 6) is 0.656. The van der Waals surface area contributed by atoms with Crippen molar-refractivity contribution in [2.75, 3.05) is 18.0 Å². The molecule has 0 aliphatic carbocycles. The van der Waals surface area contributed by atoms with Crippen LogP contribution in [0.5, 0.6) is 0 Å². The van der Waals surface area contributed by atoms with Crippen molar-refractivity contribution in [3.05, 3.63) is 17.5 Å². The Balaban J connectivity index is 2.20. The molecule has 0 spiro atoms. The Kier molecular flexibility index (Phi) is 3.02. The summed E-state index contributed by atoms with van der Waals surface area (Å²) in [5.41, 5.74) is 7.10. The first-order chi connectivity index (χ1) is 7.69. The zero-order chi connectivity index (χ0) is 11.5. The number of nitrogens with zero attached hydrogens (tertiary/aromatic N) is 4. The second kappa shape index (κ2) is 4.45. The fraction of sp³-hybridized carbons (Fsp3) is 0.545. The number of piperidine rings is 1. The molecule has 0 amide bonds. The Morgan fingerprint density at radius 3 is 2.75 bits per heavy atom. The molecule has 1 aliphatic rings. The molecular weight excluding hydrogens is 202 g/mol. The van der Waals surface area contributed by atoms with Gasteiger partial charge in [-0.15, -0.1) is 0 Å². The lowest BCUT2D eigenvalue weighted by Crippen LogP contribution is -2.40. The van der Waals surface area contributed by atoms with E-state index in [4.69, 9.17) is 11.0 Å². The normalized spacial score (nSPS) is 17.2. The van der Waals surface area contributed by atoms with Crippen molar-refractivity contribution in [2.45, 2.75) is 25.8 Å². The summed E-state index contributed by atoms with van der Waals surface area (Å²) in [5, 5.41) is 8.85. The van der Waals surface area contributed by atoms with Crippen molar-refractivity contribution in [2.24, 2.45) is 5.73 Å². The van der Waals surface area contributed by atoms with Crippen LogP contribution >= 0.6 is 0 Å². The molecule has 1 aliphatic heterocycles. The van der Waals surface area contributed by atoms with Gasteiger partial charge in [0.2, 0.25) is 5.95 Å². The van der Waals surface area contributed by atoms with E-state index in [0.717, 1.165) is 31.6 Å². The number of rotatable bonds is 1. The van der Waals surface area contributed by atoms with Crippen LogP contribution in [0.1, 0.15) is 24.2 Å². The van der Waals surface area contributed by atoms with Crippen LogP contribution in [0.4, 0.5) is 5.95 Å².